The smallest absolute Gasteiger partial charge is 0.126 e. The standard InChI is InChI=1S/C11H15F/c1-4-5-10(12)11-8(2)6-7-9(11)3/h4-5,9H,2,6-7H2,1,3H3/b5-4-,11-10-. The molecule has 1 atom stereocenters. The second-order valence-corrected chi connectivity index (χ2v) is 3.30. The summed E-state index contributed by atoms with van der Waals surface area (Å²) in [7, 11) is 0. The lowest BCUT2D eigenvalue weighted by Gasteiger charge is -2.05. The summed E-state index contributed by atoms with van der Waals surface area (Å²) in [6.45, 7) is 7.73. The molecule has 0 aromatic rings. The summed E-state index contributed by atoms with van der Waals surface area (Å²) in [5.41, 5.74) is 1.80. The Bertz CT molecular complexity index is 246. The number of halogens is 1. The van der Waals surface area contributed by atoms with Crippen molar-refractivity contribution < 1.29 is 4.39 Å². The van der Waals surface area contributed by atoms with Crippen LogP contribution in [0, 0.1) is 5.92 Å². The first-order valence-corrected chi connectivity index (χ1v) is 4.37. The Hall–Kier alpha value is -0.850. The Morgan fingerprint density at radius 1 is 1.67 bits per heavy atom. The topological polar surface area (TPSA) is 0 Å². The van der Waals surface area contributed by atoms with Crippen LogP contribution in [0.1, 0.15) is 26.7 Å². The van der Waals surface area contributed by atoms with E-state index in [1.807, 2.05) is 6.92 Å². The second-order valence-electron chi connectivity index (χ2n) is 3.30. The fourth-order valence-electron chi connectivity index (χ4n) is 1.66. The maximum atomic E-state index is 13.3. The number of rotatable bonds is 1. The van der Waals surface area contributed by atoms with E-state index in [-0.39, 0.29) is 5.83 Å². The van der Waals surface area contributed by atoms with Gasteiger partial charge in [0.15, 0.2) is 0 Å². The predicted octanol–water partition coefficient (Wildman–Crippen LogP) is 3.77. The Morgan fingerprint density at radius 2 is 2.33 bits per heavy atom. The van der Waals surface area contributed by atoms with E-state index in [1.54, 1.807) is 6.08 Å². The molecule has 1 fully saturated rings. The zero-order chi connectivity index (χ0) is 9.14. The largest absolute Gasteiger partial charge is 0.207 e. The van der Waals surface area contributed by atoms with E-state index in [2.05, 4.69) is 13.5 Å². The van der Waals surface area contributed by atoms with Crippen LogP contribution in [-0.2, 0) is 0 Å². The first-order chi connectivity index (χ1) is 5.66. The van der Waals surface area contributed by atoms with Crippen LogP contribution >= 0.6 is 0 Å². The third kappa shape index (κ3) is 1.66. The molecule has 1 aliphatic rings. The van der Waals surface area contributed by atoms with Gasteiger partial charge < -0.3 is 0 Å². The summed E-state index contributed by atoms with van der Waals surface area (Å²) in [5.74, 6) is 0.237. The van der Waals surface area contributed by atoms with Crippen LogP contribution in [0.15, 0.2) is 35.7 Å². The van der Waals surface area contributed by atoms with Gasteiger partial charge in [-0.25, -0.2) is 4.39 Å². The van der Waals surface area contributed by atoms with Gasteiger partial charge in [0.2, 0.25) is 0 Å². The average molecular weight is 166 g/mol. The van der Waals surface area contributed by atoms with E-state index in [4.69, 9.17) is 0 Å². The van der Waals surface area contributed by atoms with Crippen molar-refractivity contribution in [3.05, 3.63) is 35.7 Å². The summed E-state index contributed by atoms with van der Waals surface area (Å²) in [4.78, 5) is 0. The normalized spacial score (nSPS) is 28.6. The molecule has 0 aliphatic heterocycles. The molecule has 1 saturated carbocycles. The van der Waals surface area contributed by atoms with Crippen molar-refractivity contribution in [3.63, 3.8) is 0 Å². The molecule has 1 unspecified atom stereocenters. The van der Waals surface area contributed by atoms with E-state index < -0.39 is 0 Å². The molecule has 1 rings (SSSR count). The van der Waals surface area contributed by atoms with Gasteiger partial charge in [-0.2, -0.15) is 0 Å². The van der Waals surface area contributed by atoms with E-state index >= 15 is 0 Å². The van der Waals surface area contributed by atoms with Gasteiger partial charge >= 0.3 is 0 Å². The van der Waals surface area contributed by atoms with Crippen LogP contribution in [0.25, 0.3) is 0 Å². The van der Waals surface area contributed by atoms with Gasteiger partial charge in [0.05, 0.1) is 0 Å². The van der Waals surface area contributed by atoms with E-state index in [1.165, 1.54) is 6.08 Å². The molecule has 0 bridgehead atoms. The lowest BCUT2D eigenvalue weighted by Crippen LogP contribution is -1.91. The third-order valence-electron chi connectivity index (χ3n) is 2.32. The second kappa shape index (κ2) is 3.70. The molecule has 0 aromatic heterocycles. The molecule has 1 heteroatoms. The number of allylic oxidation sites excluding steroid dienone is 5. The SMILES string of the molecule is C=C1CCC(C)/C1=C(F)/C=C\C. The van der Waals surface area contributed by atoms with Crippen molar-refractivity contribution in [2.75, 3.05) is 0 Å². The van der Waals surface area contributed by atoms with Crippen LogP contribution in [0.4, 0.5) is 4.39 Å². The molecular formula is C11H15F. The van der Waals surface area contributed by atoms with Gasteiger partial charge in [0, 0.05) is 0 Å². The number of hydrogen-bond donors (Lipinski definition) is 0. The monoisotopic (exact) mass is 166 g/mol. The van der Waals surface area contributed by atoms with Crippen LogP contribution in [0.2, 0.25) is 0 Å². The fraction of sp³-hybridized carbons (Fsp3) is 0.455. The minimum absolute atomic E-state index is 0.104. The van der Waals surface area contributed by atoms with Gasteiger partial charge in [0.1, 0.15) is 5.83 Å². The van der Waals surface area contributed by atoms with Crippen molar-refractivity contribution >= 4 is 0 Å². The molecule has 0 nitrogen and oxygen atoms in total. The van der Waals surface area contributed by atoms with Crippen LogP contribution in [-0.4, -0.2) is 0 Å². The summed E-state index contributed by atoms with van der Waals surface area (Å²) < 4.78 is 13.3. The van der Waals surface area contributed by atoms with Gasteiger partial charge in [-0.15, -0.1) is 0 Å². The molecule has 0 saturated heterocycles. The molecule has 0 aromatic carbocycles. The first kappa shape index (κ1) is 9.24. The van der Waals surface area contributed by atoms with Crippen molar-refractivity contribution in [3.8, 4) is 0 Å². The molecular weight excluding hydrogens is 151 g/mol. The molecule has 0 radical (unpaired) electrons. The van der Waals surface area contributed by atoms with Gasteiger partial charge in [-0.3, -0.25) is 0 Å². The third-order valence-corrected chi connectivity index (χ3v) is 2.32. The van der Waals surface area contributed by atoms with Crippen LogP contribution < -0.4 is 0 Å². The Morgan fingerprint density at radius 3 is 2.75 bits per heavy atom. The molecule has 1 aliphatic carbocycles. The average Bonchev–Trinajstić information content (AvgIpc) is 2.32. The molecule has 0 amide bonds. The predicted molar refractivity (Wildman–Crippen MR) is 50.5 cm³/mol. The van der Waals surface area contributed by atoms with Crippen molar-refractivity contribution in [2.45, 2.75) is 26.7 Å². The fourth-order valence-corrected chi connectivity index (χ4v) is 1.66. The highest BCUT2D eigenvalue weighted by atomic mass is 19.1. The highest BCUT2D eigenvalue weighted by Gasteiger charge is 2.22. The zero-order valence-corrected chi connectivity index (χ0v) is 7.73. The van der Waals surface area contributed by atoms with Crippen LogP contribution in [0.5, 0.6) is 0 Å². The minimum Gasteiger partial charge on any atom is -0.207 e. The maximum Gasteiger partial charge on any atom is 0.126 e. The van der Waals surface area contributed by atoms with Crippen molar-refractivity contribution in [1.29, 1.82) is 0 Å². The van der Waals surface area contributed by atoms with Crippen molar-refractivity contribution in [2.24, 2.45) is 5.92 Å². The van der Waals surface area contributed by atoms with Gasteiger partial charge in [0.25, 0.3) is 0 Å². The Balaban J connectivity index is 2.97. The highest BCUT2D eigenvalue weighted by molar-refractivity contribution is 5.40. The van der Waals surface area contributed by atoms with Crippen LogP contribution in [0.3, 0.4) is 0 Å². The Labute approximate surface area is 73.5 Å². The summed E-state index contributed by atoms with van der Waals surface area (Å²) in [6, 6.07) is 0. The molecule has 0 heterocycles. The van der Waals surface area contributed by atoms with E-state index in [0.717, 1.165) is 24.0 Å². The summed E-state index contributed by atoms with van der Waals surface area (Å²) in [6.07, 6.45) is 5.23. The van der Waals surface area contributed by atoms with Gasteiger partial charge in [-0.05, 0) is 42.9 Å². The van der Waals surface area contributed by atoms with Crippen molar-refractivity contribution in [1.82, 2.24) is 0 Å². The molecule has 0 N–H and O–H groups in total. The molecule has 12 heavy (non-hydrogen) atoms. The summed E-state index contributed by atoms with van der Waals surface area (Å²) >= 11 is 0. The number of hydrogen-bond acceptors (Lipinski definition) is 0. The van der Waals surface area contributed by atoms with E-state index in [9.17, 15) is 4.39 Å². The lowest BCUT2D eigenvalue weighted by molar-refractivity contribution is 0.618. The zero-order valence-electron chi connectivity index (χ0n) is 7.73. The first-order valence-electron chi connectivity index (χ1n) is 4.37. The molecule has 0 spiro atoms. The van der Waals surface area contributed by atoms with E-state index in [0.29, 0.717) is 5.92 Å². The lowest BCUT2D eigenvalue weighted by atomic mass is 10.0. The van der Waals surface area contributed by atoms with Gasteiger partial charge in [-0.1, -0.05) is 19.6 Å². The maximum absolute atomic E-state index is 13.3. The highest BCUT2D eigenvalue weighted by Crippen LogP contribution is 2.37. The quantitative estimate of drug-likeness (QED) is 0.556. The summed E-state index contributed by atoms with van der Waals surface area (Å²) in [5, 5.41) is 0. The Kier molecular flexibility index (Phi) is 2.85. The minimum atomic E-state index is -0.104. The molecule has 66 valence electrons.